The second kappa shape index (κ2) is 72.3. The first-order valence-corrected chi connectivity index (χ1v) is 45.3. The Morgan fingerprint density at radius 1 is 0.267 bits per heavy atom. The van der Waals surface area contributed by atoms with Crippen LogP contribution in [0.15, 0.2) is 0 Å². The lowest BCUT2D eigenvalue weighted by molar-refractivity contribution is -0.161. The molecule has 17 nitrogen and oxygen atoms in total. The summed E-state index contributed by atoms with van der Waals surface area (Å²) < 4.78 is 68.7. The van der Waals surface area contributed by atoms with Crippen LogP contribution in [0.4, 0.5) is 0 Å². The molecule has 0 aromatic rings. The van der Waals surface area contributed by atoms with Gasteiger partial charge in [-0.05, 0) is 43.4 Å². The minimum Gasteiger partial charge on any atom is -0.462 e. The number of hydrogen-bond acceptors (Lipinski definition) is 15. The molecule has 0 spiro atoms. The van der Waals surface area contributed by atoms with Crippen molar-refractivity contribution in [2.75, 3.05) is 39.6 Å². The van der Waals surface area contributed by atoms with Gasteiger partial charge in [0.25, 0.3) is 0 Å². The fraction of sp³-hybridized carbons (Fsp3) is 0.951. The Morgan fingerprint density at radius 3 is 0.673 bits per heavy atom. The molecule has 0 amide bonds. The Bertz CT molecular complexity index is 1960. The van der Waals surface area contributed by atoms with Gasteiger partial charge in [-0.3, -0.25) is 37.3 Å². The molecular weight excluding hydrogens is 1320 g/mol. The largest absolute Gasteiger partial charge is 0.472 e. The average molecular weight is 1480 g/mol. The molecule has 0 saturated carbocycles. The maximum atomic E-state index is 13.1. The maximum Gasteiger partial charge on any atom is 0.472 e. The van der Waals surface area contributed by atoms with Crippen LogP contribution in [0.3, 0.4) is 0 Å². The van der Waals surface area contributed by atoms with Crippen LogP contribution in [-0.2, 0) is 65.4 Å². The minimum atomic E-state index is -4.96. The van der Waals surface area contributed by atoms with E-state index in [-0.39, 0.29) is 25.7 Å². The quantitative estimate of drug-likeness (QED) is 0.0222. The normalized spacial score (nSPS) is 14.0. The molecule has 0 saturated heterocycles. The number of hydrogen-bond donors (Lipinski definition) is 3. The van der Waals surface area contributed by atoms with Crippen LogP contribution in [-0.4, -0.2) is 96.7 Å². The van der Waals surface area contributed by atoms with Crippen molar-refractivity contribution in [1.82, 2.24) is 0 Å². The first-order chi connectivity index (χ1) is 48.7. The Balaban J connectivity index is 5.23. The van der Waals surface area contributed by atoms with Gasteiger partial charge in [-0.15, -0.1) is 0 Å². The lowest BCUT2D eigenvalue weighted by Gasteiger charge is -2.21. The number of carbonyl (C=O) groups excluding carboxylic acids is 4. The molecule has 0 heterocycles. The summed E-state index contributed by atoms with van der Waals surface area (Å²) in [5.74, 6) is 0.267. The molecule has 0 aliphatic rings. The first-order valence-electron chi connectivity index (χ1n) is 42.3. The summed E-state index contributed by atoms with van der Waals surface area (Å²) in [5.41, 5.74) is 0. The highest BCUT2D eigenvalue weighted by atomic mass is 31.2. The number of aliphatic hydroxyl groups excluding tert-OH is 1. The minimum absolute atomic E-state index is 0.107. The third-order valence-electron chi connectivity index (χ3n) is 19.1. The number of carbonyl (C=O) groups is 4. The molecule has 5 atom stereocenters. The third kappa shape index (κ3) is 76.1. The van der Waals surface area contributed by atoms with Crippen molar-refractivity contribution >= 4 is 39.5 Å². The molecule has 0 rings (SSSR count). The zero-order valence-corrected chi connectivity index (χ0v) is 68.2. The molecule has 600 valence electrons. The summed E-state index contributed by atoms with van der Waals surface area (Å²) in [6, 6.07) is 0. The first kappa shape index (κ1) is 99.1. The Hall–Kier alpha value is -1.94. The molecule has 0 aliphatic heterocycles. The van der Waals surface area contributed by atoms with Crippen LogP contribution in [0.25, 0.3) is 0 Å². The number of aliphatic hydroxyl groups is 1. The fourth-order valence-corrected chi connectivity index (χ4v) is 14.2. The number of esters is 4. The molecular formula is C82H160O17P2. The van der Waals surface area contributed by atoms with E-state index in [0.29, 0.717) is 25.7 Å². The second-order valence-corrected chi connectivity index (χ2v) is 33.8. The Labute approximate surface area is 619 Å². The Kier molecular flexibility index (Phi) is 70.9. The second-order valence-electron chi connectivity index (χ2n) is 30.9. The van der Waals surface area contributed by atoms with Crippen LogP contribution in [0.2, 0.25) is 0 Å². The van der Waals surface area contributed by atoms with E-state index in [1.807, 2.05) is 0 Å². The van der Waals surface area contributed by atoms with Crippen molar-refractivity contribution in [2.24, 2.45) is 17.8 Å². The van der Waals surface area contributed by atoms with Gasteiger partial charge in [0.05, 0.1) is 26.4 Å². The monoisotopic (exact) mass is 1480 g/mol. The van der Waals surface area contributed by atoms with Crippen LogP contribution in [0.5, 0.6) is 0 Å². The van der Waals surface area contributed by atoms with E-state index in [4.69, 9.17) is 37.0 Å². The van der Waals surface area contributed by atoms with E-state index in [1.54, 1.807) is 0 Å². The van der Waals surface area contributed by atoms with Crippen LogP contribution in [0, 0.1) is 17.8 Å². The highest BCUT2D eigenvalue weighted by Crippen LogP contribution is 2.45. The summed E-state index contributed by atoms with van der Waals surface area (Å²) in [5, 5.41) is 10.6. The van der Waals surface area contributed by atoms with Crippen molar-refractivity contribution in [3.05, 3.63) is 0 Å². The number of rotatable bonds is 80. The van der Waals surface area contributed by atoms with Crippen molar-refractivity contribution in [1.29, 1.82) is 0 Å². The lowest BCUT2D eigenvalue weighted by atomic mass is 10.0. The number of phosphoric acid groups is 2. The zero-order chi connectivity index (χ0) is 74.4. The van der Waals surface area contributed by atoms with Crippen LogP contribution >= 0.6 is 15.6 Å². The molecule has 0 aliphatic carbocycles. The number of ether oxygens (including phenoxy) is 4. The standard InChI is InChI=1S/C82H160O17P2/c1-8-9-10-11-12-13-35-42-49-56-63-79(84)92-69-77(99-82(87)66-59-52-45-38-31-25-28-34-41-48-55-62-75(6)7)71-96-100(88,89)94-67-76(83)68-95-101(90,91)97-72-78(70-93-80(85)64-57-50-43-36-29-24-20-22-27-33-40-47-54-61-74(4)5)98-81(86)65-58-51-44-37-30-23-19-17-15-14-16-18-21-26-32-39-46-53-60-73(2)3/h73-78,83H,8-72H2,1-7H3,(H,88,89)(H,90,91)/t76-,77+,78+/m0/s1. The van der Waals surface area contributed by atoms with Crippen LogP contribution < -0.4 is 0 Å². The molecule has 3 N–H and O–H groups in total. The van der Waals surface area contributed by atoms with Crippen LogP contribution in [0.1, 0.15) is 427 Å². The van der Waals surface area contributed by atoms with E-state index in [9.17, 15) is 43.2 Å². The van der Waals surface area contributed by atoms with E-state index in [1.165, 1.54) is 238 Å². The summed E-state index contributed by atoms with van der Waals surface area (Å²) in [7, 11) is -9.92. The van der Waals surface area contributed by atoms with Gasteiger partial charge in [0, 0.05) is 25.7 Å². The maximum absolute atomic E-state index is 13.1. The molecule has 0 fully saturated rings. The lowest BCUT2D eigenvalue weighted by Crippen LogP contribution is -2.30. The molecule has 2 unspecified atom stereocenters. The number of phosphoric ester groups is 2. The zero-order valence-electron chi connectivity index (χ0n) is 66.4. The molecule has 0 radical (unpaired) electrons. The SMILES string of the molecule is CCCCCCCCCCCCC(=O)OC[C@H](COP(=O)(O)OC[C@H](O)COP(=O)(O)OC[C@@H](COC(=O)CCCCCCCCCCCCCCCC(C)C)OC(=O)CCCCCCCCCCCCCCCCCCCCC(C)C)OC(=O)CCCCCCCCCCCCCC(C)C. The van der Waals surface area contributed by atoms with Gasteiger partial charge in [-0.1, -0.05) is 376 Å². The average Bonchev–Trinajstić information content (AvgIpc) is 0.943. The molecule has 101 heavy (non-hydrogen) atoms. The summed E-state index contributed by atoms with van der Waals surface area (Å²) in [6.07, 6.45) is 61.0. The summed E-state index contributed by atoms with van der Waals surface area (Å²) >= 11 is 0. The van der Waals surface area contributed by atoms with Gasteiger partial charge in [0.2, 0.25) is 0 Å². The van der Waals surface area contributed by atoms with E-state index < -0.39 is 97.5 Å². The summed E-state index contributed by atoms with van der Waals surface area (Å²) in [6.45, 7) is 12.0. The molecule has 0 bridgehead atoms. The van der Waals surface area contributed by atoms with Gasteiger partial charge >= 0.3 is 39.5 Å². The van der Waals surface area contributed by atoms with Gasteiger partial charge in [-0.25, -0.2) is 9.13 Å². The predicted molar refractivity (Wildman–Crippen MR) is 414 cm³/mol. The fourth-order valence-electron chi connectivity index (χ4n) is 12.7. The van der Waals surface area contributed by atoms with E-state index >= 15 is 0 Å². The predicted octanol–water partition coefficient (Wildman–Crippen LogP) is 24.5. The topological polar surface area (TPSA) is 237 Å². The van der Waals surface area contributed by atoms with E-state index in [2.05, 4.69) is 48.5 Å². The number of unbranched alkanes of at least 4 members (excludes halogenated alkanes) is 48. The highest BCUT2D eigenvalue weighted by Gasteiger charge is 2.30. The van der Waals surface area contributed by atoms with Gasteiger partial charge in [0.1, 0.15) is 19.3 Å². The van der Waals surface area contributed by atoms with Gasteiger partial charge < -0.3 is 33.8 Å². The molecule has 0 aromatic heterocycles. The molecule has 19 heteroatoms. The molecule has 0 aromatic carbocycles. The van der Waals surface area contributed by atoms with Gasteiger partial charge in [0.15, 0.2) is 12.2 Å². The summed E-state index contributed by atoms with van der Waals surface area (Å²) in [4.78, 5) is 73.0. The van der Waals surface area contributed by atoms with Crippen molar-refractivity contribution in [3.63, 3.8) is 0 Å². The van der Waals surface area contributed by atoms with Crippen molar-refractivity contribution < 1.29 is 80.2 Å². The van der Waals surface area contributed by atoms with Crippen molar-refractivity contribution in [2.45, 2.75) is 446 Å². The third-order valence-corrected chi connectivity index (χ3v) is 21.0. The van der Waals surface area contributed by atoms with Gasteiger partial charge in [-0.2, -0.15) is 0 Å². The highest BCUT2D eigenvalue weighted by molar-refractivity contribution is 7.47. The van der Waals surface area contributed by atoms with E-state index in [0.717, 1.165) is 108 Å². The smallest absolute Gasteiger partial charge is 0.462 e. The Morgan fingerprint density at radius 2 is 0.455 bits per heavy atom. The van der Waals surface area contributed by atoms with Crippen molar-refractivity contribution in [3.8, 4) is 0 Å².